The van der Waals surface area contributed by atoms with Gasteiger partial charge in [0.1, 0.15) is 0 Å². The third kappa shape index (κ3) is 4.85. The van der Waals surface area contributed by atoms with E-state index in [9.17, 15) is 13.2 Å². The van der Waals surface area contributed by atoms with Crippen LogP contribution in [0.25, 0.3) is 0 Å². The first-order valence-electron chi connectivity index (χ1n) is 6.68. The molecule has 1 rings (SSSR count). The largest absolute Gasteiger partial charge is 0.342 e. The van der Waals surface area contributed by atoms with Crippen LogP contribution in [0.4, 0.5) is 0 Å². The van der Waals surface area contributed by atoms with E-state index in [4.69, 9.17) is 5.26 Å². The Morgan fingerprint density at radius 3 is 2.29 bits per heavy atom. The molecule has 0 aromatic heterocycles. The minimum atomic E-state index is -3.72. The molecule has 0 heterocycles. The van der Waals surface area contributed by atoms with Crippen LogP contribution in [-0.4, -0.2) is 38.9 Å². The maximum atomic E-state index is 12.1. The molecule has 0 fully saturated rings. The average molecular weight is 309 g/mol. The Balaban J connectivity index is 2.73. The van der Waals surface area contributed by atoms with E-state index >= 15 is 0 Å². The van der Waals surface area contributed by atoms with Crippen molar-refractivity contribution in [3.8, 4) is 6.07 Å². The fourth-order valence-electron chi connectivity index (χ4n) is 1.81. The van der Waals surface area contributed by atoms with Crippen LogP contribution in [0.15, 0.2) is 29.2 Å². The molecule has 0 aliphatic carbocycles. The monoisotopic (exact) mass is 309 g/mol. The number of nitriles is 1. The summed E-state index contributed by atoms with van der Waals surface area (Å²) in [5.74, 6) is -0.260. The molecule has 1 amide bonds. The van der Waals surface area contributed by atoms with Crippen molar-refractivity contribution in [2.24, 2.45) is 0 Å². The zero-order valence-electron chi connectivity index (χ0n) is 12.2. The second-order valence-corrected chi connectivity index (χ2v) is 6.14. The minimum Gasteiger partial charge on any atom is -0.342 e. The summed E-state index contributed by atoms with van der Waals surface area (Å²) in [7, 11) is -3.72. The van der Waals surface area contributed by atoms with Gasteiger partial charge in [-0.1, -0.05) is 12.1 Å². The SMILES string of the molecule is CCN(CC)C(=O)CNS(=O)(=O)c1ccc(CC#N)cc1. The number of rotatable bonds is 7. The summed E-state index contributed by atoms with van der Waals surface area (Å²) in [4.78, 5) is 13.4. The lowest BCUT2D eigenvalue weighted by Gasteiger charge is -2.18. The van der Waals surface area contributed by atoms with E-state index in [0.29, 0.717) is 13.1 Å². The molecule has 0 unspecified atom stereocenters. The van der Waals surface area contributed by atoms with E-state index in [1.54, 1.807) is 17.0 Å². The van der Waals surface area contributed by atoms with Gasteiger partial charge in [-0.2, -0.15) is 5.26 Å². The van der Waals surface area contributed by atoms with Crippen LogP contribution in [-0.2, 0) is 21.2 Å². The van der Waals surface area contributed by atoms with E-state index < -0.39 is 10.0 Å². The van der Waals surface area contributed by atoms with Crippen molar-refractivity contribution in [1.29, 1.82) is 5.26 Å². The summed E-state index contributed by atoms with van der Waals surface area (Å²) in [6.07, 6.45) is 0.230. The smallest absolute Gasteiger partial charge is 0.241 e. The predicted octanol–water partition coefficient (Wildman–Crippen LogP) is 0.899. The second kappa shape index (κ2) is 7.76. The molecule has 0 aliphatic rings. The zero-order chi connectivity index (χ0) is 15.9. The van der Waals surface area contributed by atoms with Gasteiger partial charge in [-0.05, 0) is 31.5 Å². The Bertz CT molecular complexity index is 614. The lowest BCUT2D eigenvalue weighted by atomic mass is 10.2. The highest BCUT2D eigenvalue weighted by Gasteiger charge is 2.17. The molecule has 1 aromatic rings. The molecule has 7 heteroatoms. The Labute approximate surface area is 125 Å². The fraction of sp³-hybridized carbons (Fsp3) is 0.429. The van der Waals surface area contributed by atoms with E-state index in [1.807, 2.05) is 19.9 Å². The number of sulfonamides is 1. The van der Waals surface area contributed by atoms with E-state index in [-0.39, 0.29) is 23.8 Å². The summed E-state index contributed by atoms with van der Waals surface area (Å²) < 4.78 is 26.4. The second-order valence-electron chi connectivity index (χ2n) is 4.37. The van der Waals surface area contributed by atoms with Crippen molar-refractivity contribution in [1.82, 2.24) is 9.62 Å². The van der Waals surface area contributed by atoms with E-state index in [1.165, 1.54) is 12.1 Å². The third-order valence-electron chi connectivity index (χ3n) is 3.05. The van der Waals surface area contributed by atoms with Crippen LogP contribution >= 0.6 is 0 Å². The van der Waals surface area contributed by atoms with Crippen LogP contribution in [0, 0.1) is 11.3 Å². The lowest BCUT2D eigenvalue weighted by Crippen LogP contribution is -2.39. The normalized spacial score (nSPS) is 10.9. The topological polar surface area (TPSA) is 90.3 Å². The van der Waals surface area contributed by atoms with Gasteiger partial charge in [0, 0.05) is 13.1 Å². The molecule has 0 aliphatic heterocycles. The minimum absolute atomic E-state index is 0.0801. The Kier molecular flexibility index (Phi) is 6.34. The van der Waals surface area contributed by atoms with Crippen LogP contribution in [0.1, 0.15) is 19.4 Å². The van der Waals surface area contributed by atoms with Crippen LogP contribution in [0.2, 0.25) is 0 Å². The molecule has 0 spiro atoms. The van der Waals surface area contributed by atoms with Crippen molar-refractivity contribution >= 4 is 15.9 Å². The van der Waals surface area contributed by atoms with E-state index in [2.05, 4.69) is 4.72 Å². The number of hydrogen-bond acceptors (Lipinski definition) is 4. The van der Waals surface area contributed by atoms with Gasteiger partial charge in [0.05, 0.1) is 23.9 Å². The van der Waals surface area contributed by atoms with Gasteiger partial charge in [-0.25, -0.2) is 13.1 Å². The molecule has 114 valence electrons. The summed E-state index contributed by atoms with van der Waals surface area (Å²) in [5, 5.41) is 8.57. The van der Waals surface area contributed by atoms with Gasteiger partial charge in [0.2, 0.25) is 15.9 Å². The van der Waals surface area contributed by atoms with Crippen LogP contribution in [0.3, 0.4) is 0 Å². The summed E-state index contributed by atoms with van der Waals surface area (Å²) >= 11 is 0. The molecule has 21 heavy (non-hydrogen) atoms. The maximum Gasteiger partial charge on any atom is 0.241 e. The number of hydrogen-bond donors (Lipinski definition) is 1. The van der Waals surface area contributed by atoms with Crippen LogP contribution in [0.5, 0.6) is 0 Å². The average Bonchev–Trinajstić information content (AvgIpc) is 2.47. The van der Waals surface area contributed by atoms with Gasteiger partial charge in [0.25, 0.3) is 0 Å². The standard InChI is InChI=1S/C14H19N3O3S/c1-3-17(4-2)14(18)11-16-21(19,20)13-7-5-12(6-8-13)9-10-15/h5-8,16H,3-4,9,11H2,1-2H3. The summed E-state index contributed by atoms with van der Waals surface area (Å²) in [6, 6.07) is 8.02. The molecule has 0 radical (unpaired) electrons. The molecule has 6 nitrogen and oxygen atoms in total. The van der Waals surface area contributed by atoms with Crippen LogP contribution < -0.4 is 4.72 Å². The number of amides is 1. The van der Waals surface area contributed by atoms with Gasteiger partial charge >= 0.3 is 0 Å². The first kappa shape index (κ1) is 17.1. The predicted molar refractivity (Wildman–Crippen MR) is 78.9 cm³/mol. The number of nitrogens with zero attached hydrogens (tertiary/aromatic N) is 2. The molecule has 0 atom stereocenters. The highest BCUT2D eigenvalue weighted by atomic mass is 32.2. The highest BCUT2D eigenvalue weighted by Crippen LogP contribution is 2.10. The lowest BCUT2D eigenvalue weighted by molar-refractivity contribution is -0.129. The van der Waals surface area contributed by atoms with Gasteiger partial charge in [-0.3, -0.25) is 4.79 Å². The molecule has 0 bridgehead atoms. The molecule has 1 N–H and O–H groups in total. The Morgan fingerprint density at radius 2 is 1.81 bits per heavy atom. The van der Waals surface area contributed by atoms with E-state index in [0.717, 1.165) is 5.56 Å². The van der Waals surface area contributed by atoms with Crippen molar-refractivity contribution in [3.05, 3.63) is 29.8 Å². The quantitative estimate of drug-likeness (QED) is 0.810. The molecular formula is C14H19N3O3S. The number of carbonyl (C=O) groups is 1. The number of likely N-dealkylation sites (N-methyl/N-ethyl adjacent to an activating group) is 1. The van der Waals surface area contributed by atoms with Crippen molar-refractivity contribution < 1.29 is 13.2 Å². The number of nitrogens with one attached hydrogen (secondary N) is 1. The molecule has 0 saturated heterocycles. The molecule has 0 saturated carbocycles. The Hall–Kier alpha value is -1.91. The van der Waals surface area contributed by atoms with Crippen molar-refractivity contribution in [2.75, 3.05) is 19.6 Å². The first-order valence-corrected chi connectivity index (χ1v) is 8.16. The number of benzene rings is 1. The zero-order valence-corrected chi connectivity index (χ0v) is 13.0. The first-order chi connectivity index (χ1) is 9.94. The summed E-state index contributed by atoms with van der Waals surface area (Å²) in [6.45, 7) is 4.50. The number of carbonyl (C=O) groups excluding carboxylic acids is 1. The van der Waals surface area contributed by atoms with Crippen molar-refractivity contribution in [2.45, 2.75) is 25.2 Å². The highest BCUT2D eigenvalue weighted by molar-refractivity contribution is 7.89. The fourth-order valence-corrected chi connectivity index (χ4v) is 2.78. The van der Waals surface area contributed by atoms with Gasteiger partial charge < -0.3 is 4.90 Å². The summed E-state index contributed by atoms with van der Waals surface area (Å²) in [5.41, 5.74) is 0.746. The molecule has 1 aromatic carbocycles. The third-order valence-corrected chi connectivity index (χ3v) is 4.46. The molecular weight excluding hydrogens is 290 g/mol. The van der Waals surface area contributed by atoms with Gasteiger partial charge in [0.15, 0.2) is 0 Å². The maximum absolute atomic E-state index is 12.1. The Morgan fingerprint density at radius 1 is 1.24 bits per heavy atom. The van der Waals surface area contributed by atoms with Gasteiger partial charge in [-0.15, -0.1) is 0 Å². The van der Waals surface area contributed by atoms with Crippen molar-refractivity contribution in [3.63, 3.8) is 0 Å².